The molecule has 0 unspecified atom stereocenters. The summed E-state index contributed by atoms with van der Waals surface area (Å²) in [5, 5.41) is 9.09. The molecule has 0 spiro atoms. The first-order chi connectivity index (χ1) is 8.08. The second kappa shape index (κ2) is 4.53. The normalized spacial score (nSPS) is 12.9. The van der Waals surface area contributed by atoms with Crippen molar-refractivity contribution in [1.29, 1.82) is 0 Å². The van der Waals surface area contributed by atoms with Gasteiger partial charge in [-0.25, -0.2) is 4.79 Å². The Morgan fingerprint density at radius 3 is 2.65 bits per heavy atom. The van der Waals surface area contributed by atoms with Crippen LogP contribution in [0.1, 0.15) is 24.2 Å². The van der Waals surface area contributed by atoms with Gasteiger partial charge in [-0.1, -0.05) is 13.8 Å². The summed E-state index contributed by atoms with van der Waals surface area (Å²) in [5.74, 6) is 0.563. The van der Waals surface area contributed by atoms with Crippen molar-refractivity contribution < 1.29 is 24.1 Å². The number of carboxylic acids is 1. The van der Waals surface area contributed by atoms with E-state index in [0.29, 0.717) is 29.8 Å². The van der Waals surface area contributed by atoms with Crippen LogP contribution in [0.3, 0.4) is 0 Å². The first-order valence-electron chi connectivity index (χ1n) is 5.37. The van der Waals surface area contributed by atoms with Crippen molar-refractivity contribution in [3.63, 3.8) is 0 Å². The molecule has 17 heavy (non-hydrogen) atoms. The highest BCUT2D eigenvalue weighted by Crippen LogP contribution is 2.38. The summed E-state index contributed by atoms with van der Waals surface area (Å²) < 4.78 is 15.8. The molecule has 0 radical (unpaired) electrons. The molecule has 0 fully saturated rings. The van der Waals surface area contributed by atoms with E-state index in [1.165, 1.54) is 6.07 Å². The molecule has 0 saturated carbocycles. The molecule has 0 saturated heterocycles. The van der Waals surface area contributed by atoms with Crippen LogP contribution in [0.25, 0.3) is 0 Å². The van der Waals surface area contributed by atoms with Crippen molar-refractivity contribution in [2.75, 3.05) is 13.4 Å². The van der Waals surface area contributed by atoms with Gasteiger partial charge in [-0.3, -0.25) is 0 Å². The Morgan fingerprint density at radius 2 is 2.06 bits per heavy atom. The van der Waals surface area contributed by atoms with Crippen LogP contribution in [0.15, 0.2) is 12.1 Å². The Kier molecular flexibility index (Phi) is 3.08. The van der Waals surface area contributed by atoms with Crippen molar-refractivity contribution in [3.8, 4) is 17.2 Å². The quantitative estimate of drug-likeness (QED) is 0.870. The van der Waals surface area contributed by atoms with E-state index < -0.39 is 5.97 Å². The Hall–Kier alpha value is -1.91. The van der Waals surface area contributed by atoms with Crippen molar-refractivity contribution in [2.45, 2.75) is 13.8 Å². The third-order valence-electron chi connectivity index (χ3n) is 2.28. The summed E-state index contributed by atoms with van der Waals surface area (Å²) in [6, 6.07) is 2.99. The first-order valence-corrected chi connectivity index (χ1v) is 5.37. The van der Waals surface area contributed by atoms with Crippen LogP contribution in [0.4, 0.5) is 0 Å². The summed E-state index contributed by atoms with van der Waals surface area (Å²) in [6.45, 7) is 4.56. The molecule has 5 nitrogen and oxygen atoms in total. The van der Waals surface area contributed by atoms with Gasteiger partial charge >= 0.3 is 5.97 Å². The third-order valence-corrected chi connectivity index (χ3v) is 2.28. The number of carboxylic acid groups (broad SMARTS) is 1. The number of hydrogen-bond donors (Lipinski definition) is 1. The first kappa shape index (κ1) is 11.6. The van der Waals surface area contributed by atoms with E-state index in [9.17, 15) is 4.79 Å². The van der Waals surface area contributed by atoms with Gasteiger partial charge in [0.15, 0.2) is 11.5 Å². The van der Waals surface area contributed by atoms with Gasteiger partial charge in [0, 0.05) is 12.1 Å². The molecule has 0 aliphatic carbocycles. The minimum absolute atomic E-state index is 0.0925. The predicted molar refractivity (Wildman–Crippen MR) is 59.9 cm³/mol. The Labute approximate surface area is 98.9 Å². The highest BCUT2D eigenvalue weighted by atomic mass is 16.7. The molecule has 1 aromatic carbocycles. The fourth-order valence-corrected chi connectivity index (χ4v) is 1.47. The van der Waals surface area contributed by atoms with Crippen LogP contribution in [-0.4, -0.2) is 24.5 Å². The highest BCUT2D eigenvalue weighted by molar-refractivity contribution is 5.92. The van der Waals surface area contributed by atoms with Crippen molar-refractivity contribution >= 4 is 5.97 Å². The number of rotatable bonds is 4. The molecule has 1 aliphatic heterocycles. The largest absolute Gasteiger partial charge is 0.492 e. The predicted octanol–water partition coefficient (Wildman–Crippen LogP) is 2.15. The molecule has 0 amide bonds. The van der Waals surface area contributed by atoms with E-state index in [1.807, 2.05) is 13.8 Å². The Bertz CT molecular complexity index is 439. The standard InChI is InChI=1S/C12H14O5/c1-7(2)5-15-9-4-11-10(16-6-17-11)3-8(9)12(13)14/h3-4,7H,5-6H2,1-2H3,(H,13,14). The van der Waals surface area contributed by atoms with Gasteiger partial charge in [0.25, 0.3) is 0 Å². The number of carbonyl (C=O) groups is 1. The van der Waals surface area contributed by atoms with E-state index in [4.69, 9.17) is 19.3 Å². The molecule has 0 aromatic heterocycles. The van der Waals surface area contributed by atoms with E-state index in [-0.39, 0.29) is 12.4 Å². The minimum Gasteiger partial charge on any atom is -0.492 e. The SMILES string of the molecule is CC(C)COc1cc2c(cc1C(=O)O)OCO2. The molecule has 92 valence electrons. The zero-order valence-electron chi connectivity index (χ0n) is 9.73. The lowest BCUT2D eigenvalue weighted by Gasteiger charge is -2.11. The topological polar surface area (TPSA) is 65.0 Å². The van der Waals surface area contributed by atoms with Crippen LogP contribution in [0.2, 0.25) is 0 Å². The van der Waals surface area contributed by atoms with Crippen molar-refractivity contribution in [2.24, 2.45) is 5.92 Å². The minimum atomic E-state index is -1.04. The molecular weight excluding hydrogens is 224 g/mol. The van der Waals surface area contributed by atoms with Gasteiger partial charge in [-0.15, -0.1) is 0 Å². The third kappa shape index (κ3) is 2.43. The molecule has 1 aromatic rings. The van der Waals surface area contributed by atoms with E-state index >= 15 is 0 Å². The smallest absolute Gasteiger partial charge is 0.339 e. The number of ether oxygens (including phenoxy) is 3. The van der Waals surface area contributed by atoms with Crippen LogP contribution in [-0.2, 0) is 0 Å². The van der Waals surface area contributed by atoms with Gasteiger partial charge in [-0.2, -0.15) is 0 Å². The molecule has 0 atom stereocenters. The van der Waals surface area contributed by atoms with Gasteiger partial charge in [0.1, 0.15) is 11.3 Å². The Balaban J connectivity index is 2.31. The number of benzene rings is 1. The maximum Gasteiger partial charge on any atom is 0.339 e. The summed E-state index contributed by atoms with van der Waals surface area (Å²) in [7, 11) is 0. The maximum absolute atomic E-state index is 11.1. The fourth-order valence-electron chi connectivity index (χ4n) is 1.47. The summed E-state index contributed by atoms with van der Waals surface area (Å²) >= 11 is 0. The lowest BCUT2D eigenvalue weighted by Crippen LogP contribution is -2.08. The Morgan fingerprint density at radius 1 is 1.41 bits per heavy atom. The van der Waals surface area contributed by atoms with Crippen molar-refractivity contribution in [1.82, 2.24) is 0 Å². The molecule has 0 bridgehead atoms. The lowest BCUT2D eigenvalue weighted by molar-refractivity contribution is 0.0691. The number of hydrogen-bond acceptors (Lipinski definition) is 4. The summed E-state index contributed by atoms with van der Waals surface area (Å²) in [5.41, 5.74) is 0.0925. The van der Waals surface area contributed by atoms with Gasteiger partial charge < -0.3 is 19.3 Å². The monoisotopic (exact) mass is 238 g/mol. The summed E-state index contributed by atoms with van der Waals surface area (Å²) in [4.78, 5) is 11.1. The number of aromatic carboxylic acids is 1. The second-order valence-corrected chi connectivity index (χ2v) is 4.21. The van der Waals surface area contributed by atoms with Crippen LogP contribution in [0, 0.1) is 5.92 Å². The lowest BCUT2D eigenvalue weighted by atomic mass is 10.1. The molecule has 1 aliphatic rings. The number of fused-ring (bicyclic) bond motifs is 1. The van der Waals surface area contributed by atoms with E-state index in [0.717, 1.165) is 0 Å². The summed E-state index contributed by atoms with van der Waals surface area (Å²) in [6.07, 6.45) is 0. The zero-order valence-corrected chi connectivity index (χ0v) is 9.73. The van der Waals surface area contributed by atoms with Gasteiger partial charge in [0.05, 0.1) is 6.61 Å². The highest BCUT2D eigenvalue weighted by Gasteiger charge is 2.21. The molecular formula is C12H14O5. The van der Waals surface area contributed by atoms with Crippen molar-refractivity contribution in [3.05, 3.63) is 17.7 Å². The molecule has 1 heterocycles. The zero-order chi connectivity index (χ0) is 12.4. The fraction of sp³-hybridized carbons (Fsp3) is 0.417. The average molecular weight is 238 g/mol. The van der Waals surface area contributed by atoms with Gasteiger partial charge in [-0.05, 0) is 5.92 Å². The van der Waals surface area contributed by atoms with Crippen LogP contribution < -0.4 is 14.2 Å². The molecule has 2 rings (SSSR count). The van der Waals surface area contributed by atoms with Crippen LogP contribution in [0.5, 0.6) is 17.2 Å². The average Bonchev–Trinajstić information content (AvgIpc) is 2.71. The van der Waals surface area contributed by atoms with Gasteiger partial charge in [0.2, 0.25) is 6.79 Å². The van der Waals surface area contributed by atoms with Crippen LogP contribution >= 0.6 is 0 Å². The van der Waals surface area contributed by atoms with E-state index in [1.54, 1.807) is 6.07 Å². The van der Waals surface area contributed by atoms with E-state index in [2.05, 4.69) is 0 Å². The second-order valence-electron chi connectivity index (χ2n) is 4.21. The molecule has 1 N–H and O–H groups in total. The molecule has 5 heteroatoms. The maximum atomic E-state index is 11.1.